The van der Waals surface area contributed by atoms with Crippen LogP contribution in [0.25, 0.3) is 100 Å². The van der Waals surface area contributed by atoms with Gasteiger partial charge >= 0.3 is 12.1 Å². The van der Waals surface area contributed by atoms with Crippen molar-refractivity contribution in [3.8, 4) is 73.4 Å². The second kappa shape index (κ2) is 44.4. The Morgan fingerprint density at radius 2 is 0.866 bits per heavy atom. The SMILES string of the molecule is CC[NH+]=c1cc2oc3cc(C)c(C)cc3c(-c3ccccc3C(=O)N(C)CCCCO)c-2cc1C.CC[NH+]=c1cc2oc3cc(C)c(C)cc3c(-c3ccccc3C(=O)N(C)CCOC(=O)NCCCCCCOP(OCCC#N)N(C(C)C)C(C)C)c-2cc1C.CC[NH+]=c1cc2oc3cc(C)c(C)cc3c(-c3ccccc3C(=O)ON3C(=O)CCC3=O)c-2cc1C. The molecule has 6 aromatic rings. The zero-order valence-corrected chi connectivity index (χ0v) is 77.8. The lowest BCUT2D eigenvalue weighted by atomic mass is 9.88. The van der Waals surface area contributed by atoms with E-state index >= 15 is 0 Å². The van der Waals surface area contributed by atoms with Crippen LogP contribution in [0.5, 0.6) is 0 Å². The van der Waals surface area contributed by atoms with E-state index in [0.29, 0.717) is 72.2 Å². The fourth-order valence-electron chi connectivity index (χ4n) is 16.0. The maximum atomic E-state index is 14.0. The van der Waals surface area contributed by atoms with Crippen molar-refractivity contribution >= 4 is 77.1 Å². The molecule has 0 bridgehead atoms. The highest BCUT2D eigenvalue weighted by molar-refractivity contribution is 7.44. The minimum atomic E-state index is -1.23. The topological polar surface area (TPSA) is 290 Å². The molecule has 0 saturated carbocycles. The van der Waals surface area contributed by atoms with Crippen molar-refractivity contribution in [3.63, 3.8) is 0 Å². The molecule has 13 rings (SSSR count). The monoisotopic (exact) mass is 1740 g/mol. The van der Waals surface area contributed by atoms with Crippen LogP contribution in [-0.4, -0.2) is 152 Å². The number of ether oxygens (including phenoxy) is 1. The van der Waals surface area contributed by atoms with E-state index < -0.39 is 32.4 Å². The molecule has 4 heterocycles. The van der Waals surface area contributed by atoms with Crippen LogP contribution in [0.15, 0.2) is 159 Å². The molecule has 5 N–H and O–H groups in total. The molecule has 4 aliphatic heterocycles. The Morgan fingerprint density at radius 1 is 0.480 bits per heavy atom. The zero-order valence-electron chi connectivity index (χ0n) is 76.9. The number of hydroxylamine groups is 2. The van der Waals surface area contributed by atoms with E-state index in [9.17, 15) is 28.8 Å². The number of benzene rings is 9. The van der Waals surface area contributed by atoms with E-state index in [-0.39, 0.29) is 62.1 Å². The van der Waals surface area contributed by atoms with Crippen molar-refractivity contribution in [2.24, 2.45) is 0 Å². The summed E-state index contributed by atoms with van der Waals surface area (Å²) in [4.78, 5) is 96.3. The number of hydrogen-bond donors (Lipinski definition) is 5. The number of nitriles is 1. The van der Waals surface area contributed by atoms with Gasteiger partial charge in [0.2, 0.25) is 16.1 Å². The van der Waals surface area contributed by atoms with Crippen molar-refractivity contribution in [2.45, 2.75) is 181 Å². The smallest absolute Gasteiger partial charge is 0.407 e. The van der Waals surface area contributed by atoms with Crippen LogP contribution in [0.3, 0.4) is 0 Å². The molecule has 6 aromatic carbocycles. The molecule has 3 aliphatic carbocycles. The maximum absolute atomic E-state index is 14.0. The molecule has 0 radical (unpaired) electrons. The third kappa shape index (κ3) is 22.9. The Bertz CT molecular complexity index is 6170. The number of nitrogens with zero attached hydrogens (tertiary/aromatic N) is 5. The Kier molecular flexibility index (Phi) is 33.4. The van der Waals surface area contributed by atoms with Gasteiger partial charge in [0.1, 0.15) is 60.3 Å². The van der Waals surface area contributed by atoms with Gasteiger partial charge in [0.15, 0.2) is 0 Å². The molecule has 666 valence electrons. The predicted octanol–water partition coefficient (Wildman–Crippen LogP) is 15.1. The molecular formula is C103H123N9O14P+3. The average Bonchev–Trinajstić information content (AvgIpc) is 0.945. The van der Waals surface area contributed by atoms with Crippen LogP contribution in [0.1, 0.15) is 187 Å². The Hall–Kier alpha value is -12.0. The van der Waals surface area contributed by atoms with E-state index in [1.165, 1.54) is 11.1 Å². The molecule has 5 amide bonds. The summed E-state index contributed by atoms with van der Waals surface area (Å²) in [6.45, 7) is 38.2. The number of likely N-dealkylation sites (N-methyl/N-ethyl adjacent to an activating group) is 1. The summed E-state index contributed by atoms with van der Waals surface area (Å²) in [7, 11) is 2.32. The van der Waals surface area contributed by atoms with Gasteiger partial charge in [-0.2, -0.15) is 5.26 Å². The maximum Gasteiger partial charge on any atom is 0.407 e. The highest BCUT2D eigenvalue weighted by Gasteiger charge is 2.36. The number of carbonyl (C=O) groups excluding carboxylic acids is 6. The minimum absolute atomic E-state index is 0.0227. The molecule has 1 atom stereocenters. The predicted molar refractivity (Wildman–Crippen MR) is 497 cm³/mol. The molecule has 7 aliphatic rings. The number of aliphatic hydroxyl groups is 1. The van der Waals surface area contributed by atoms with Crippen molar-refractivity contribution < 1.29 is 80.7 Å². The van der Waals surface area contributed by atoms with Crippen molar-refractivity contribution in [2.75, 3.05) is 79.8 Å². The molecule has 0 aromatic heterocycles. The molecule has 1 fully saturated rings. The van der Waals surface area contributed by atoms with Crippen molar-refractivity contribution in [3.05, 3.63) is 228 Å². The van der Waals surface area contributed by atoms with Crippen LogP contribution in [0, 0.1) is 73.6 Å². The molecule has 1 unspecified atom stereocenters. The van der Waals surface area contributed by atoms with Crippen LogP contribution in [-0.2, 0) is 28.2 Å². The lowest BCUT2D eigenvalue weighted by molar-refractivity contribution is -0.496. The van der Waals surface area contributed by atoms with Gasteiger partial charge in [0.05, 0.1) is 56.0 Å². The number of alkyl carbamates (subject to hydrolysis) is 1. The first kappa shape index (κ1) is 95.6. The summed E-state index contributed by atoms with van der Waals surface area (Å²) in [6.07, 6.45) is 4.93. The minimum Gasteiger partial charge on any atom is -0.456 e. The largest absolute Gasteiger partial charge is 0.456 e. The van der Waals surface area contributed by atoms with Gasteiger partial charge in [-0.15, -0.1) is 5.06 Å². The van der Waals surface area contributed by atoms with Crippen LogP contribution < -0.4 is 36.4 Å². The average molecular weight is 1740 g/mol. The summed E-state index contributed by atoms with van der Waals surface area (Å²) in [6, 6.07) is 50.2. The summed E-state index contributed by atoms with van der Waals surface area (Å²) >= 11 is 0. The molecule has 127 heavy (non-hydrogen) atoms. The Labute approximate surface area is 746 Å². The number of fused-ring (bicyclic) bond motifs is 6. The van der Waals surface area contributed by atoms with E-state index in [4.69, 9.17) is 42.2 Å². The van der Waals surface area contributed by atoms with Gasteiger partial charge < -0.3 is 52.1 Å². The first-order valence-corrected chi connectivity index (χ1v) is 45.4. The first-order chi connectivity index (χ1) is 61.0. The summed E-state index contributed by atoms with van der Waals surface area (Å²) in [5.41, 5.74) is 21.7. The molecule has 24 heteroatoms. The highest BCUT2D eigenvalue weighted by atomic mass is 31.2. The second-order valence-electron chi connectivity index (χ2n) is 33.1. The van der Waals surface area contributed by atoms with Gasteiger partial charge in [-0.25, -0.2) is 29.2 Å². The molecule has 1 saturated heterocycles. The third-order valence-electron chi connectivity index (χ3n) is 23.1. The Morgan fingerprint density at radius 3 is 1.28 bits per heavy atom. The van der Waals surface area contributed by atoms with E-state index in [2.05, 4.69) is 169 Å². The standard InChI is InChI=1S/C44H60N5O6P.C30H34N2O3.C29H26N2O5/c1-10-46-39-29-41-38(27-34(39)8)42(37-26-32(6)33(7)28-40(37)55-41)35-18-13-14-19-36(35)43(50)48(9)22-25-52-44(51)47-21-15-11-12-16-23-53-56(54-24-17-20-45)49(30(2)3)31(4)5;1-6-31-26-18-28-25(16-21(26)4)29(24-15-19(2)20(3)17-27(24)35-28)22-11-7-8-12-23(22)30(34)32(5)13-9-10-14-33;1-5-30-23-15-25-22(13-18(23)4)28(21-12-16(2)17(3)14-24(21)35-25)19-8-6-7-9-20(19)29(34)36-31-26(32)10-11-27(31)33/h13-14,18-19,26-31H,10-12,15-17,21-25H2,1-9H3,(H,47,51);7-8,11-12,15-18,33H,6,9-10,13-14H2,1-5H3;6-9,12-15H,5,10-11H2,1-4H3/p+3. The number of aliphatic hydroxyl groups excluding tert-OH is 1. The number of imide groups is 1. The van der Waals surface area contributed by atoms with Gasteiger partial charge in [0, 0.05) is 136 Å². The lowest BCUT2D eigenvalue weighted by Crippen LogP contribution is -2.76. The zero-order chi connectivity index (χ0) is 91.4. The van der Waals surface area contributed by atoms with Crippen molar-refractivity contribution in [1.29, 1.82) is 5.26 Å². The van der Waals surface area contributed by atoms with Crippen LogP contribution in [0.4, 0.5) is 4.79 Å². The fourth-order valence-corrected chi connectivity index (χ4v) is 17.6. The third-order valence-corrected chi connectivity index (χ3v) is 25.2. The number of amides is 5. The molecule has 0 spiro atoms. The number of carbonyl (C=O) groups is 6. The first-order valence-electron chi connectivity index (χ1n) is 44.3. The number of rotatable bonds is 31. The molecular weight excluding hydrogens is 1620 g/mol. The summed E-state index contributed by atoms with van der Waals surface area (Å²) in [5.74, 6) is 0.224. The van der Waals surface area contributed by atoms with E-state index in [0.717, 1.165) is 190 Å². The van der Waals surface area contributed by atoms with Crippen molar-refractivity contribution in [1.82, 2.24) is 24.9 Å². The van der Waals surface area contributed by atoms with Gasteiger partial charge in [0.25, 0.3) is 32.2 Å². The van der Waals surface area contributed by atoms with E-state index in [1.54, 1.807) is 29.0 Å². The quantitative estimate of drug-likeness (QED) is 0.0117. The number of hydrogen-bond acceptors (Lipinski definition) is 16. The Balaban J connectivity index is 0.000000192. The lowest BCUT2D eigenvalue weighted by Gasteiger charge is -2.35. The fraction of sp³-hybridized carbons (Fsp3) is 0.379. The number of nitrogens with one attached hydrogen (secondary N) is 4. The highest BCUT2D eigenvalue weighted by Crippen LogP contribution is 2.48. The van der Waals surface area contributed by atoms with Crippen LogP contribution >= 0.6 is 8.53 Å². The molecule has 23 nitrogen and oxygen atoms in total. The van der Waals surface area contributed by atoms with Gasteiger partial charge in [-0.05, 0) is 259 Å². The van der Waals surface area contributed by atoms with Gasteiger partial charge in [-0.1, -0.05) is 67.4 Å². The van der Waals surface area contributed by atoms with Crippen LogP contribution in [0.2, 0.25) is 0 Å². The number of unbranched alkanes of at least 4 members (excludes halogenated alkanes) is 4. The number of aryl methyl sites for hydroxylation is 9. The summed E-state index contributed by atoms with van der Waals surface area (Å²) in [5, 5.41) is 27.3. The van der Waals surface area contributed by atoms with E-state index in [1.807, 2.05) is 114 Å². The van der Waals surface area contributed by atoms with Gasteiger partial charge in [-0.3, -0.25) is 19.2 Å². The second-order valence-corrected chi connectivity index (χ2v) is 34.6. The summed E-state index contributed by atoms with van der Waals surface area (Å²) < 4.78 is 39.1. The normalized spacial score (nSPS) is 12.9.